The zero-order valence-corrected chi connectivity index (χ0v) is 30.7. The highest BCUT2D eigenvalue weighted by molar-refractivity contribution is 5.91. The van der Waals surface area contributed by atoms with Crippen LogP contribution in [-0.4, -0.2) is 12.2 Å². The summed E-state index contributed by atoms with van der Waals surface area (Å²) >= 11 is 0. The minimum absolute atomic E-state index is 0.0813. The Hall–Kier alpha value is -5.28. The van der Waals surface area contributed by atoms with Gasteiger partial charge in [0.2, 0.25) is 0 Å². The predicted molar refractivity (Wildman–Crippen MR) is 221 cm³/mol. The first-order valence-electron chi connectivity index (χ1n) is 18.8. The summed E-state index contributed by atoms with van der Waals surface area (Å²) in [7, 11) is 0. The van der Waals surface area contributed by atoms with Crippen LogP contribution in [0.15, 0.2) is 170 Å². The van der Waals surface area contributed by atoms with Crippen molar-refractivity contribution in [2.24, 2.45) is 0 Å². The fourth-order valence-corrected chi connectivity index (χ4v) is 7.20. The van der Waals surface area contributed by atoms with Gasteiger partial charge < -0.3 is 9.47 Å². The van der Waals surface area contributed by atoms with Crippen LogP contribution < -0.4 is 0 Å². The highest BCUT2D eigenvalue weighted by atomic mass is 16.5. The minimum Gasteiger partial charge on any atom is -0.366 e. The molecule has 2 nitrogen and oxygen atoms in total. The molecule has 0 aliphatic rings. The third-order valence-corrected chi connectivity index (χ3v) is 10.3. The van der Waals surface area contributed by atoms with Gasteiger partial charge in [0, 0.05) is 0 Å². The van der Waals surface area contributed by atoms with Crippen LogP contribution in [0.4, 0.5) is 0 Å². The molecular formula is C50H48O2. The molecule has 0 saturated carbocycles. The van der Waals surface area contributed by atoms with E-state index >= 15 is 0 Å². The zero-order valence-electron chi connectivity index (χ0n) is 30.7. The summed E-state index contributed by atoms with van der Waals surface area (Å²) in [4.78, 5) is 0. The Bertz CT molecular complexity index is 2060. The maximum atomic E-state index is 6.59. The molecule has 8 rings (SSSR count). The van der Waals surface area contributed by atoms with E-state index < -0.39 is 0 Å². The Morgan fingerprint density at radius 2 is 0.558 bits per heavy atom. The SMILES string of the molecule is CC[C@@H](C)OC(c1cccc2ccccc12)c1cccc2ccccc12.CC[C@@H](C)OC(c1cccc2ccccc12)c1cccc2ccccc12. The zero-order chi connectivity index (χ0) is 35.9. The summed E-state index contributed by atoms with van der Waals surface area (Å²) in [6.07, 6.45) is 2.21. The smallest absolute Gasteiger partial charge is 0.109 e. The lowest BCUT2D eigenvalue weighted by Gasteiger charge is -2.25. The van der Waals surface area contributed by atoms with Crippen LogP contribution in [0.1, 0.15) is 75.0 Å². The Labute approximate surface area is 308 Å². The van der Waals surface area contributed by atoms with Gasteiger partial charge in [-0.1, -0.05) is 184 Å². The number of rotatable bonds is 10. The minimum atomic E-state index is -0.0813. The summed E-state index contributed by atoms with van der Waals surface area (Å²) in [5.74, 6) is 0. The van der Waals surface area contributed by atoms with Crippen LogP contribution in [0.3, 0.4) is 0 Å². The van der Waals surface area contributed by atoms with Crippen LogP contribution >= 0.6 is 0 Å². The van der Waals surface area contributed by atoms with Gasteiger partial charge in [0.15, 0.2) is 0 Å². The normalized spacial score (nSPS) is 12.7. The molecule has 0 unspecified atom stereocenters. The van der Waals surface area contributed by atoms with Crippen molar-refractivity contribution in [2.75, 3.05) is 0 Å². The van der Waals surface area contributed by atoms with Crippen molar-refractivity contribution in [2.45, 2.75) is 65.0 Å². The third-order valence-electron chi connectivity index (χ3n) is 10.3. The molecule has 0 heterocycles. The lowest BCUT2D eigenvalue weighted by atomic mass is 9.92. The van der Waals surface area contributed by atoms with Gasteiger partial charge in [0.25, 0.3) is 0 Å². The Morgan fingerprint density at radius 3 is 0.808 bits per heavy atom. The van der Waals surface area contributed by atoms with E-state index in [1.54, 1.807) is 0 Å². The van der Waals surface area contributed by atoms with Crippen molar-refractivity contribution >= 4 is 43.1 Å². The van der Waals surface area contributed by atoms with Gasteiger partial charge in [0.05, 0.1) is 12.2 Å². The molecule has 2 heteroatoms. The molecule has 0 aliphatic carbocycles. The average molecular weight is 681 g/mol. The Kier molecular flexibility index (Phi) is 11.1. The topological polar surface area (TPSA) is 18.5 Å². The highest BCUT2D eigenvalue weighted by Crippen LogP contribution is 2.38. The first-order chi connectivity index (χ1) is 25.6. The van der Waals surface area contributed by atoms with Crippen LogP contribution in [0.2, 0.25) is 0 Å². The van der Waals surface area contributed by atoms with Gasteiger partial charge in [-0.25, -0.2) is 0 Å². The van der Waals surface area contributed by atoms with Crippen LogP contribution in [0.25, 0.3) is 43.1 Å². The second-order valence-corrected chi connectivity index (χ2v) is 13.7. The molecule has 0 bridgehead atoms. The van der Waals surface area contributed by atoms with Crippen molar-refractivity contribution in [1.29, 1.82) is 0 Å². The monoisotopic (exact) mass is 680 g/mol. The predicted octanol–water partition coefficient (Wildman–Crippen LogP) is 13.8. The fourth-order valence-electron chi connectivity index (χ4n) is 7.20. The number of fused-ring (bicyclic) bond motifs is 4. The molecule has 2 atom stereocenters. The van der Waals surface area contributed by atoms with E-state index in [0.29, 0.717) is 0 Å². The lowest BCUT2D eigenvalue weighted by molar-refractivity contribution is 0.0187. The van der Waals surface area contributed by atoms with Crippen LogP contribution in [0.5, 0.6) is 0 Å². The van der Waals surface area contributed by atoms with Gasteiger partial charge in [-0.15, -0.1) is 0 Å². The van der Waals surface area contributed by atoms with E-state index in [0.717, 1.165) is 12.8 Å². The first-order valence-corrected chi connectivity index (χ1v) is 18.8. The molecule has 8 aromatic carbocycles. The molecule has 0 N–H and O–H groups in total. The molecule has 52 heavy (non-hydrogen) atoms. The van der Waals surface area contributed by atoms with Gasteiger partial charge in [0.1, 0.15) is 12.2 Å². The van der Waals surface area contributed by atoms with Crippen molar-refractivity contribution in [3.63, 3.8) is 0 Å². The lowest BCUT2D eigenvalue weighted by Crippen LogP contribution is -2.15. The molecular weight excluding hydrogens is 633 g/mol. The van der Waals surface area contributed by atoms with Crippen molar-refractivity contribution < 1.29 is 9.47 Å². The van der Waals surface area contributed by atoms with E-state index in [1.165, 1.54) is 65.3 Å². The van der Waals surface area contributed by atoms with Crippen LogP contribution in [0, 0.1) is 0 Å². The maximum Gasteiger partial charge on any atom is 0.109 e. The standard InChI is InChI=1S/2C25H24O/c2*1-3-18(2)26-25(23-16-8-12-19-10-4-6-14-21(19)23)24-17-9-13-20-11-5-7-15-22(20)24/h2*4-18,25H,3H2,1-2H3/t2*18-/m11/s1. The molecule has 8 aromatic rings. The number of ether oxygens (including phenoxy) is 2. The van der Waals surface area contributed by atoms with E-state index in [9.17, 15) is 0 Å². The van der Waals surface area contributed by atoms with E-state index in [1.807, 2.05) is 0 Å². The first kappa shape index (κ1) is 35.1. The van der Waals surface area contributed by atoms with Gasteiger partial charge >= 0.3 is 0 Å². The molecule has 260 valence electrons. The third kappa shape index (κ3) is 7.51. The van der Waals surface area contributed by atoms with Gasteiger partial charge in [-0.2, -0.15) is 0 Å². The molecule has 0 aliphatic heterocycles. The second-order valence-electron chi connectivity index (χ2n) is 13.7. The Balaban J connectivity index is 0.000000162. The molecule has 0 spiro atoms. The molecule has 0 saturated heterocycles. The molecule has 0 radical (unpaired) electrons. The number of hydrogen-bond acceptors (Lipinski definition) is 2. The molecule has 0 aromatic heterocycles. The summed E-state index contributed by atoms with van der Waals surface area (Å²) in [5.41, 5.74) is 4.94. The van der Waals surface area contributed by atoms with Crippen molar-refractivity contribution in [1.82, 2.24) is 0 Å². The van der Waals surface area contributed by atoms with Crippen molar-refractivity contribution in [3.05, 3.63) is 192 Å². The van der Waals surface area contributed by atoms with Crippen molar-refractivity contribution in [3.8, 4) is 0 Å². The van der Waals surface area contributed by atoms with E-state index in [4.69, 9.17) is 9.47 Å². The van der Waals surface area contributed by atoms with E-state index in [-0.39, 0.29) is 24.4 Å². The summed E-state index contributed by atoms with van der Waals surface area (Å²) in [5, 5.41) is 10.1. The maximum absolute atomic E-state index is 6.59. The number of benzene rings is 8. The average Bonchev–Trinajstić information content (AvgIpc) is 3.21. The van der Waals surface area contributed by atoms with Crippen LogP contribution in [-0.2, 0) is 9.47 Å². The fraction of sp³-hybridized carbons (Fsp3) is 0.200. The largest absolute Gasteiger partial charge is 0.366 e. The van der Waals surface area contributed by atoms with Gasteiger partial charge in [-0.3, -0.25) is 0 Å². The summed E-state index contributed by atoms with van der Waals surface area (Å²) in [6, 6.07) is 60.3. The number of hydrogen-bond donors (Lipinski definition) is 0. The summed E-state index contributed by atoms with van der Waals surface area (Å²) < 4.78 is 13.2. The summed E-state index contributed by atoms with van der Waals surface area (Å²) in [6.45, 7) is 8.66. The second kappa shape index (κ2) is 16.4. The van der Waals surface area contributed by atoms with Gasteiger partial charge in [-0.05, 0) is 92.0 Å². The molecule has 0 amide bonds. The molecule has 0 fully saturated rings. The Morgan fingerprint density at radius 1 is 0.327 bits per heavy atom. The van der Waals surface area contributed by atoms with E-state index in [2.05, 4.69) is 198 Å². The highest BCUT2D eigenvalue weighted by Gasteiger charge is 2.23. The quantitative estimate of drug-likeness (QED) is 0.143.